The Morgan fingerprint density at radius 2 is 1.57 bits per heavy atom. The number of benzene rings is 2. The summed E-state index contributed by atoms with van der Waals surface area (Å²) in [5.74, 6) is 0.493. The minimum atomic E-state index is -0.106. The van der Waals surface area contributed by atoms with Gasteiger partial charge in [0, 0.05) is 28.0 Å². The molecule has 3 nitrogen and oxygen atoms in total. The number of amides is 1. The lowest BCUT2D eigenvalue weighted by Crippen LogP contribution is -2.12. The predicted octanol–water partition coefficient (Wildman–Crippen LogP) is 4.77. The van der Waals surface area contributed by atoms with Gasteiger partial charge in [-0.1, -0.05) is 29.8 Å². The second-order valence-corrected chi connectivity index (χ2v) is 6.23. The highest BCUT2D eigenvalue weighted by molar-refractivity contribution is 9.10. The van der Waals surface area contributed by atoms with Crippen LogP contribution in [0.1, 0.15) is 24.2 Å². The average molecular weight is 347 g/mol. The van der Waals surface area contributed by atoms with Crippen LogP contribution in [0, 0.1) is 5.92 Å². The third kappa shape index (κ3) is 4.90. The van der Waals surface area contributed by atoms with E-state index in [-0.39, 0.29) is 5.91 Å². The quantitative estimate of drug-likeness (QED) is 0.818. The molecule has 2 N–H and O–H groups in total. The van der Waals surface area contributed by atoms with E-state index in [1.54, 1.807) is 12.1 Å². The van der Waals surface area contributed by atoms with Crippen LogP contribution in [0.25, 0.3) is 0 Å². The van der Waals surface area contributed by atoms with E-state index in [0.717, 1.165) is 22.4 Å². The van der Waals surface area contributed by atoms with Gasteiger partial charge in [0.05, 0.1) is 0 Å². The molecule has 1 amide bonds. The van der Waals surface area contributed by atoms with Crippen molar-refractivity contribution >= 4 is 33.2 Å². The maximum absolute atomic E-state index is 12.1. The number of hydrogen-bond donors (Lipinski definition) is 2. The Morgan fingerprint density at radius 3 is 2.14 bits per heavy atom. The SMILES string of the molecule is CC(C)CNc1ccc(NC(=O)c2ccc(Br)cc2)cc1. The first-order valence-electron chi connectivity index (χ1n) is 6.95. The van der Waals surface area contributed by atoms with Crippen molar-refractivity contribution in [2.45, 2.75) is 13.8 Å². The summed E-state index contributed by atoms with van der Waals surface area (Å²) < 4.78 is 0.958. The number of carbonyl (C=O) groups excluding carboxylic acids is 1. The van der Waals surface area contributed by atoms with Crippen LogP contribution in [0.3, 0.4) is 0 Å². The lowest BCUT2D eigenvalue weighted by Gasteiger charge is -2.10. The summed E-state index contributed by atoms with van der Waals surface area (Å²) in [5, 5.41) is 6.23. The van der Waals surface area contributed by atoms with Crippen molar-refractivity contribution in [3.05, 3.63) is 58.6 Å². The number of anilines is 2. The van der Waals surface area contributed by atoms with Gasteiger partial charge in [0.25, 0.3) is 5.91 Å². The Labute approximate surface area is 133 Å². The Kier molecular flexibility index (Phi) is 5.39. The third-order valence-corrected chi connectivity index (χ3v) is 3.49. The molecule has 0 aliphatic carbocycles. The van der Waals surface area contributed by atoms with Crippen molar-refractivity contribution in [1.82, 2.24) is 0 Å². The monoisotopic (exact) mass is 346 g/mol. The van der Waals surface area contributed by atoms with Crippen molar-refractivity contribution in [2.24, 2.45) is 5.92 Å². The number of halogens is 1. The molecular formula is C17H19BrN2O. The Balaban J connectivity index is 1.96. The van der Waals surface area contributed by atoms with Crippen LogP contribution in [-0.4, -0.2) is 12.5 Å². The lowest BCUT2D eigenvalue weighted by atomic mass is 10.2. The van der Waals surface area contributed by atoms with E-state index in [0.29, 0.717) is 11.5 Å². The van der Waals surface area contributed by atoms with E-state index in [1.165, 1.54) is 0 Å². The molecule has 0 spiro atoms. The molecule has 0 atom stereocenters. The summed E-state index contributed by atoms with van der Waals surface area (Å²) >= 11 is 3.36. The van der Waals surface area contributed by atoms with E-state index >= 15 is 0 Å². The van der Waals surface area contributed by atoms with Gasteiger partial charge >= 0.3 is 0 Å². The minimum Gasteiger partial charge on any atom is -0.385 e. The second kappa shape index (κ2) is 7.27. The molecule has 0 unspecified atom stereocenters. The van der Waals surface area contributed by atoms with Crippen molar-refractivity contribution in [3.63, 3.8) is 0 Å². The summed E-state index contributed by atoms with van der Waals surface area (Å²) in [5.41, 5.74) is 2.49. The van der Waals surface area contributed by atoms with Crippen molar-refractivity contribution in [2.75, 3.05) is 17.2 Å². The highest BCUT2D eigenvalue weighted by atomic mass is 79.9. The number of hydrogen-bond acceptors (Lipinski definition) is 2. The summed E-state index contributed by atoms with van der Waals surface area (Å²) in [6.45, 7) is 5.27. The molecule has 0 radical (unpaired) electrons. The molecule has 21 heavy (non-hydrogen) atoms. The van der Waals surface area contributed by atoms with Crippen molar-refractivity contribution in [1.29, 1.82) is 0 Å². The highest BCUT2D eigenvalue weighted by Gasteiger charge is 2.05. The van der Waals surface area contributed by atoms with E-state index in [1.807, 2.05) is 36.4 Å². The van der Waals surface area contributed by atoms with Crippen LogP contribution in [0.5, 0.6) is 0 Å². The van der Waals surface area contributed by atoms with Crippen LogP contribution in [-0.2, 0) is 0 Å². The summed E-state index contributed by atoms with van der Waals surface area (Å²) in [6.07, 6.45) is 0. The first-order chi connectivity index (χ1) is 10.0. The Hall–Kier alpha value is -1.81. The molecule has 0 heterocycles. The zero-order valence-electron chi connectivity index (χ0n) is 12.2. The molecule has 0 fully saturated rings. The zero-order valence-corrected chi connectivity index (χ0v) is 13.8. The molecule has 2 aromatic rings. The Bertz CT molecular complexity index is 591. The van der Waals surface area contributed by atoms with Crippen molar-refractivity contribution < 1.29 is 4.79 Å². The first kappa shape index (κ1) is 15.6. The van der Waals surface area contributed by atoms with Crippen LogP contribution >= 0.6 is 15.9 Å². The summed E-state index contributed by atoms with van der Waals surface area (Å²) in [6, 6.07) is 15.0. The molecule has 0 aromatic heterocycles. The molecular weight excluding hydrogens is 328 g/mol. The number of carbonyl (C=O) groups is 1. The minimum absolute atomic E-state index is 0.106. The fourth-order valence-corrected chi connectivity index (χ4v) is 2.06. The second-order valence-electron chi connectivity index (χ2n) is 5.31. The van der Waals surface area contributed by atoms with Crippen LogP contribution < -0.4 is 10.6 Å². The number of rotatable bonds is 5. The predicted molar refractivity (Wildman–Crippen MR) is 91.9 cm³/mol. The van der Waals surface area contributed by atoms with Gasteiger partial charge in [0.1, 0.15) is 0 Å². The Morgan fingerprint density at radius 1 is 1.00 bits per heavy atom. The maximum Gasteiger partial charge on any atom is 0.255 e. The molecule has 0 saturated heterocycles. The average Bonchev–Trinajstić information content (AvgIpc) is 2.47. The number of nitrogens with one attached hydrogen (secondary N) is 2. The van der Waals surface area contributed by atoms with Gasteiger partial charge in [0.2, 0.25) is 0 Å². The van der Waals surface area contributed by atoms with Gasteiger partial charge < -0.3 is 10.6 Å². The standard InChI is InChI=1S/C17H19BrN2O/c1-12(2)11-19-15-7-9-16(10-8-15)20-17(21)13-3-5-14(18)6-4-13/h3-10,12,19H,11H2,1-2H3,(H,20,21). The van der Waals surface area contributed by atoms with Gasteiger partial charge in [-0.15, -0.1) is 0 Å². The van der Waals surface area contributed by atoms with E-state index in [9.17, 15) is 4.79 Å². The van der Waals surface area contributed by atoms with Gasteiger partial charge in [-0.25, -0.2) is 0 Å². The summed E-state index contributed by atoms with van der Waals surface area (Å²) in [4.78, 5) is 12.1. The van der Waals surface area contributed by atoms with Crippen LogP contribution in [0.15, 0.2) is 53.0 Å². The summed E-state index contributed by atoms with van der Waals surface area (Å²) in [7, 11) is 0. The topological polar surface area (TPSA) is 41.1 Å². The fraction of sp³-hybridized carbons (Fsp3) is 0.235. The van der Waals surface area contributed by atoms with Gasteiger partial charge in [-0.2, -0.15) is 0 Å². The smallest absolute Gasteiger partial charge is 0.255 e. The van der Waals surface area contributed by atoms with Gasteiger partial charge in [-0.05, 0) is 54.4 Å². The first-order valence-corrected chi connectivity index (χ1v) is 7.75. The maximum atomic E-state index is 12.1. The lowest BCUT2D eigenvalue weighted by molar-refractivity contribution is 0.102. The molecule has 0 aliphatic heterocycles. The van der Waals surface area contributed by atoms with Crippen LogP contribution in [0.4, 0.5) is 11.4 Å². The van der Waals surface area contributed by atoms with Gasteiger partial charge in [0.15, 0.2) is 0 Å². The molecule has 4 heteroatoms. The van der Waals surface area contributed by atoms with E-state index < -0.39 is 0 Å². The molecule has 0 saturated carbocycles. The molecule has 0 bridgehead atoms. The fourth-order valence-electron chi connectivity index (χ4n) is 1.80. The van der Waals surface area contributed by atoms with E-state index in [2.05, 4.69) is 40.4 Å². The largest absolute Gasteiger partial charge is 0.385 e. The van der Waals surface area contributed by atoms with Gasteiger partial charge in [-0.3, -0.25) is 4.79 Å². The highest BCUT2D eigenvalue weighted by Crippen LogP contribution is 2.16. The molecule has 2 aromatic carbocycles. The molecule has 110 valence electrons. The van der Waals surface area contributed by atoms with Crippen molar-refractivity contribution in [3.8, 4) is 0 Å². The van der Waals surface area contributed by atoms with E-state index in [4.69, 9.17) is 0 Å². The zero-order chi connectivity index (χ0) is 15.2. The molecule has 0 aliphatic rings. The third-order valence-electron chi connectivity index (χ3n) is 2.96. The normalized spacial score (nSPS) is 10.5. The molecule has 2 rings (SSSR count). The van der Waals surface area contributed by atoms with Crippen LogP contribution in [0.2, 0.25) is 0 Å².